The predicted molar refractivity (Wildman–Crippen MR) is 168 cm³/mol. The van der Waals surface area contributed by atoms with Gasteiger partial charge in [0.2, 0.25) is 5.91 Å². The fourth-order valence-corrected chi connectivity index (χ4v) is 4.67. The van der Waals surface area contributed by atoms with Crippen LogP contribution in [0.4, 0.5) is 22.7 Å². The molecule has 4 heterocycles. The van der Waals surface area contributed by atoms with Gasteiger partial charge < -0.3 is 50.0 Å². The van der Waals surface area contributed by atoms with Crippen molar-refractivity contribution in [2.24, 2.45) is 28.2 Å². The van der Waals surface area contributed by atoms with Gasteiger partial charge in [0.25, 0.3) is 23.6 Å². The summed E-state index contributed by atoms with van der Waals surface area (Å²) in [7, 11) is 6.69. The maximum absolute atomic E-state index is 13.1. The van der Waals surface area contributed by atoms with Crippen LogP contribution in [-0.2, 0) is 33.0 Å². The van der Waals surface area contributed by atoms with Crippen LogP contribution in [0.5, 0.6) is 0 Å². The molecule has 4 aromatic heterocycles. The van der Waals surface area contributed by atoms with E-state index in [1.165, 1.54) is 18.2 Å². The number of rotatable bonds is 12. The van der Waals surface area contributed by atoms with E-state index in [0.717, 1.165) is 6.42 Å². The van der Waals surface area contributed by atoms with Crippen molar-refractivity contribution in [3.8, 4) is 0 Å². The number of anilines is 4. The highest BCUT2D eigenvalue weighted by atomic mass is 16.3. The van der Waals surface area contributed by atoms with Crippen molar-refractivity contribution in [1.82, 2.24) is 23.6 Å². The number of aromatic nitrogens is 4. The number of nitrogens with zero attached hydrogens (tertiary/aromatic N) is 4. The molecular formula is C30H37N9O6. The van der Waals surface area contributed by atoms with Gasteiger partial charge in [0.05, 0.1) is 35.8 Å². The third-order valence-corrected chi connectivity index (χ3v) is 6.88. The van der Waals surface area contributed by atoms with E-state index in [2.05, 4.69) is 26.6 Å². The first-order chi connectivity index (χ1) is 21.4. The highest BCUT2D eigenvalue weighted by Gasteiger charge is 2.20. The van der Waals surface area contributed by atoms with Gasteiger partial charge in [-0.3, -0.25) is 24.0 Å². The number of carbonyl (C=O) groups is 5. The summed E-state index contributed by atoms with van der Waals surface area (Å²) in [5, 5.41) is 22.6. The highest BCUT2D eigenvalue weighted by Crippen LogP contribution is 2.21. The molecule has 0 aliphatic rings. The van der Waals surface area contributed by atoms with Crippen molar-refractivity contribution < 1.29 is 29.1 Å². The van der Waals surface area contributed by atoms with Crippen LogP contribution in [0.15, 0.2) is 49.1 Å². The van der Waals surface area contributed by atoms with Crippen LogP contribution in [0, 0.1) is 0 Å². The minimum absolute atomic E-state index is 0.0578. The third-order valence-electron chi connectivity index (χ3n) is 6.88. The molecule has 4 rings (SSSR count). The number of aryl methyl sites for hydroxylation is 4. The second-order valence-electron chi connectivity index (χ2n) is 10.5. The fourth-order valence-electron chi connectivity index (χ4n) is 4.67. The van der Waals surface area contributed by atoms with E-state index in [0.29, 0.717) is 35.0 Å². The van der Waals surface area contributed by atoms with Gasteiger partial charge >= 0.3 is 0 Å². The number of hydrogen-bond acceptors (Lipinski definition) is 6. The zero-order valence-electron chi connectivity index (χ0n) is 25.7. The van der Waals surface area contributed by atoms with Crippen molar-refractivity contribution in [3.05, 3.63) is 71.8 Å². The molecule has 6 N–H and O–H groups in total. The molecule has 0 bridgehead atoms. The lowest BCUT2D eigenvalue weighted by molar-refractivity contribution is -0.116. The number of carbonyl (C=O) groups excluding carboxylic acids is 5. The first kappa shape index (κ1) is 32.3. The van der Waals surface area contributed by atoms with Crippen LogP contribution in [0.2, 0.25) is 0 Å². The summed E-state index contributed by atoms with van der Waals surface area (Å²) >= 11 is 0. The second kappa shape index (κ2) is 13.8. The molecule has 45 heavy (non-hydrogen) atoms. The molecule has 15 heteroatoms. The van der Waals surface area contributed by atoms with Crippen molar-refractivity contribution in [2.75, 3.05) is 34.4 Å². The summed E-state index contributed by atoms with van der Waals surface area (Å²) < 4.78 is 6.30. The molecule has 0 spiro atoms. The number of aliphatic hydroxyl groups is 1. The highest BCUT2D eigenvalue weighted by molar-refractivity contribution is 6.09. The molecule has 0 atom stereocenters. The SMILES string of the molecule is CCCNC(=O)c1cc(NC(=O)c2cc(NC(=O)c3cc(NC(=O)c4cc(NC(=O)CCO)cn4C)cn3C)cn2C)cn1C. The Kier molecular flexibility index (Phi) is 9.93. The van der Waals surface area contributed by atoms with Gasteiger partial charge in [-0.25, -0.2) is 0 Å². The maximum Gasteiger partial charge on any atom is 0.272 e. The molecule has 0 radical (unpaired) electrons. The van der Waals surface area contributed by atoms with Crippen LogP contribution < -0.4 is 26.6 Å². The number of aliphatic hydroxyl groups excluding tert-OH is 1. The fraction of sp³-hybridized carbons (Fsp3) is 0.300. The van der Waals surface area contributed by atoms with Crippen molar-refractivity contribution >= 4 is 52.3 Å². The Morgan fingerprint density at radius 2 is 0.911 bits per heavy atom. The van der Waals surface area contributed by atoms with E-state index < -0.39 is 17.7 Å². The average Bonchev–Trinajstić information content (AvgIpc) is 3.73. The average molecular weight is 620 g/mol. The van der Waals surface area contributed by atoms with Gasteiger partial charge in [-0.15, -0.1) is 0 Å². The molecular weight excluding hydrogens is 582 g/mol. The van der Waals surface area contributed by atoms with Crippen molar-refractivity contribution in [1.29, 1.82) is 0 Å². The summed E-state index contributed by atoms with van der Waals surface area (Å²) in [5.41, 5.74) is 2.83. The summed E-state index contributed by atoms with van der Waals surface area (Å²) in [6, 6.07) is 6.14. The summed E-state index contributed by atoms with van der Waals surface area (Å²) in [5.74, 6) is -1.96. The first-order valence-electron chi connectivity index (χ1n) is 14.2. The molecule has 238 valence electrons. The molecule has 0 aliphatic heterocycles. The normalized spacial score (nSPS) is 10.8. The Labute approximate surface area is 259 Å². The van der Waals surface area contributed by atoms with Gasteiger partial charge in [-0.1, -0.05) is 6.92 Å². The maximum atomic E-state index is 13.1. The van der Waals surface area contributed by atoms with Crippen LogP contribution in [0.3, 0.4) is 0 Å². The zero-order chi connectivity index (χ0) is 32.8. The van der Waals surface area contributed by atoms with Crippen molar-refractivity contribution in [3.63, 3.8) is 0 Å². The Morgan fingerprint density at radius 1 is 0.578 bits per heavy atom. The Balaban J connectivity index is 1.39. The minimum atomic E-state index is -0.464. The Bertz CT molecular complexity index is 1760. The van der Waals surface area contributed by atoms with Gasteiger partial charge in [0, 0.05) is 59.5 Å². The lowest BCUT2D eigenvalue weighted by Gasteiger charge is -2.03. The molecule has 0 unspecified atom stereocenters. The molecule has 0 fully saturated rings. The third kappa shape index (κ3) is 7.69. The van der Waals surface area contributed by atoms with E-state index >= 15 is 0 Å². The largest absolute Gasteiger partial charge is 0.396 e. The quantitative estimate of drug-likeness (QED) is 0.141. The Morgan fingerprint density at radius 3 is 1.24 bits per heavy atom. The summed E-state index contributed by atoms with van der Waals surface area (Å²) in [6.07, 6.45) is 7.15. The van der Waals surface area contributed by atoms with E-state index in [-0.39, 0.29) is 41.9 Å². The van der Waals surface area contributed by atoms with Crippen LogP contribution in [0.1, 0.15) is 61.7 Å². The predicted octanol–water partition coefficient (Wildman–Crippen LogP) is 2.26. The van der Waals surface area contributed by atoms with Gasteiger partial charge in [-0.2, -0.15) is 0 Å². The standard InChI is InChI=1S/C30H37N9O6/c1-6-8-31-27(42)22-11-19(15-36(22)2)33-29(44)24-13-21(17-38(24)4)35-30(45)25-12-20(16-39(25)5)34-28(43)23-10-18(14-37(23)3)32-26(41)7-9-40/h10-17,40H,6-9H2,1-5H3,(H,31,42)(H,32,41)(H,33,44)(H,34,43)(H,35,45). The van der Waals surface area contributed by atoms with Crippen LogP contribution in [0.25, 0.3) is 0 Å². The molecule has 0 aromatic carbocycles. The van der Waals surface area contributed by atoms with E-state index in [9.17, 15) is 24.0 Å². The lowest BCUT2D eigenvalue weighted by atomic mass is 10.3. The van der Waals surface area contributed by atoms with Crippen molar-refractivity contribution in [2.45, 2.75) is 19.8 Å². The Hall–Kier alpha value is -5.57. The molecule has 0 aliphatic carbocycles. The van der Waals surface area contributed by atoms with Gasteiger partial charge in [0.15, 0.2) is 0 Å². The lowest BCUT2D eigenvalue weighted by Crippen LogP contribution is -2.25. The minimum Gasteiger partial charge on any atom is -0.396 e. The topological polar surface area (TPSA) is 185 Å². The molecule has 15 nitrogen and oxygen atoms in total. The first-order valence-corrected chi connectivity index (χ1v) is 14.2. The number of nitrogens with one attached hydrogen (secondary N) is 5. The second-order valence-corrected chi connectivity index (χ2v) is 10.5. The van der Waals surface area contributed by atoms with E-state index in [1.54, 1.807) is 77.3 Å². The summed E-state index contributed by atoms with van der Waals surface area (Å²) in [6.45, 7) is 2.22. The molecule has 0 saturated carbocycles. The zero-order valence-corrected chi connectivity index (χ0v) is 25.7. The smallest absolute Gasteiger partial charge is 0.272 e. The van der Waals surface area contributed by atoms with Crippen LogP contribution >= 0.6 is 0 Å². The monoisotopic (exact) mass is 619 g/mol. The van der Waals surface area contributed by atoms with Gasteiger partial charge in [-0.05, 0) is 30.7 Å². The molecule has 4 aromatic rings. The van der Waals surface area contributed by atoms with E-state index in [1.807, 2.05) is 6.92 Å². The number of hydrogen-bond donors (Lipinski definition) is 6. The van der Waals surface area contributed by atoms with Gasteiger partial charge in [0.1, 0.15) is 22.8 Å². The molecule has 0 saturated heterocycles. The van der Waals surface area contributed by atoms with E-state index in [4.69, 9.17) is 5.11 Å². The van der Waals surface area contributed by atoms with Crippen LogP contribution in [-0.4, -0.2) is 66.1 Å². The summed E-state index contributed by atoms with van der Waals surface area (Å²) in [4.78, 5) is 63.2. The molecule has 5 amide bonds. The number of amides is 5.